The maximum atomic E-state index is 13.6. The van der Waals surface area contributed by atoms with E-state index in [1.807, 2.05) is 0 Å². The number of aliphatic carboxylic acids is 1. The summed E-state index contributed by atoms with van der Waals surface area (Å²) in [5.74, 6) is -1.68. The van der Waals surface area contributed by atoms with Crippen LogP contribution in [0, 0.1) is 5.82 Å². The van der Waals surface area contributed by atoms with Crippen molar-refractivity contribution in [3.63, 3.8) is 0 Å². The highest BCUT2D eigenvalue weighted by Gasteiger charge is 2.18. The number of halogens is 2. The number of nitrogens with two attached hydrogens (primary N) is 1. The Hall–Kier alpha value is -1.33. The normalized spacial score (nSPS) is 12.2. The quantitative estimate of drug-likeness (QED) is 0.845. The van der Waals surface area contributed by atoms with E-state index in [9.17, 15) is 9.18 Å². The number of carboxylic acids is 1. The van der Waals surface area contributed by atoms with Gasteiger partial charge in [-0.25, -0.2) is 4.39 Å². The average Bonchev–Trinajstić information content (AvgIpc) is 2.25. The van der Waals surface area contributed by atoms with E-state index < -0.39 is 17.8 Å². The molecule has 1 rings (SSSR count). The van der Waals surface area contributed by atoms with Crippen LogP contribution in [0.4, 0.5) is 4.39 Å². The largest absolute Gasteiger partial charge is 0.495 e. The molecule has 0 saturated carbocycles. The average molecular weight is 248 g/mol. The van der Waals surface area contributed by atoms with E-state index in [-0.39, 0.29) is 22.8 Å². The Balaban J connectivity index is 2.99. The zero-order chi connectivity index (χ0) is 12.3. The predicted octanol–water partition coefficient (Wildman–Crippen LogP) is 1.44. The molecule has 0 amide bonds. The minimum atomic E-state index is -1.19. The van der Waals surface area contributed by atoms with Gasteiger partial charge in [-0.1, -0.05) is 17.7 Å². The fourth-order valence-electron chi connectivity index (χ4n) is 1.21. The molecule has 1 aromatic rings. The van der Waals surface area contributed by atoms with Crippen LogP contribution in [0.3, 0.4) is 0 Å². The van der Waals surface area contributed by atoms with Crippen LogP contribution in [0.25, 0.3) is 0 Å². The molecule has 0 aliphatic carbocycles. The molecule has 88 valence electrons. The second-order valence-corrected chi connectivity index (χ2v) is 3.58. The van der Waals surface area contributed by atoms with E-state index in [1.165, 1.54) is 19.2 Å². The van der Waals surface area contributed by atoms with E-state index >= 15 is 0 Å². The molecule has 0 bridgehead atoms. The first-order chi connectivity index (χ1) is 7.47. The summed E-state index contributed by atoms with van der Waals surface area (Å²) in [6.07, 6.45) is -0.120. The number of hydrogen-bond acceptors (Lipinski definition) is 3. The first kappa shape index (κ1) is 12.7. The van der Waals surface area contributed by atoms with Crippen molar-refractivity contribution in [2.24, 2.45) is 5.73 Å². The van der Waals surface area contributed by atoms with Gasteiger partial charge in [0.2, 0.25) is 0 Å². The molecule has 3 N–H and O–H groups in total. The predicted molar refractivity (Wildman–Crippen MR) is 57.3 cm³/mol. The van der Waals surface area contributed by atoms with Crippen LogP contribution in [0.1, 0.15) is 5.56 Å². The molecule has 0 spiro atoms. The van der Waals surface area contributed by atoms with Crippen LogP contribution in [-0.4, -0.2) is 24.2 Å². The van der Waals surface area contributed by atoms with Gasteiger partial charge in [0.15, 0.2) is 0 Å². The van der Waals surface area contributed by atoms with Crippen LogP contribution in [0.15, 0.2) is 12.1 Å². The van der Waals surface area contributed by atoms with E-state index in [4.69, 9.17) is 27.2 Å². The number of hydrogen-bond donors (Lipinski definition) is 2. The van der Waals surface area contributed by atoms with Crippen LogP contribution >= 0.6 is 11.6 Å². The third-order valence-electron chi connectivity index (χ3n) is 2.10. The van der Waals surface area contributed by atoms with Crippen LogP contribution in [0.2, 0.25) is 5.02 Å². The zero-order valence-corrected chi connectivity index (χ0v) is 9.29. The number of methoxy groups -OCH3 is 1. The summed E-state index contributed by atoms with van der Waals surface area (Å²) in [7, 11) is 1.36. The van der Waals surface area contributed by atoms with Crippen LogP contribution in [-0.2, 0) is 11.2 Å². The van der Waals surface area contributed by atoms with E-state index in [2.05, 4.69) is 0 Å². The Bertz CT molecular complexity index is 411. The third kappa shape index (κ3) is 2.62. The van der Waals surface area contributed by atoms with Crippen molar-refractivity contribution in [1.82, 2.24) is 0 Å². The molecule has 0 heterocycles. The van der Waals surface area contributed by atoms with E-state index in [0.29, 0.717) is 0 Å². The molecule has 16 heavy (non-hydrogen) atoms. The van der Waals surface area contributed by atoms with Gasteiger partial charge in [0.05, 0.1) is 7.11 Å². The Morgan fingerprint density at radius 3 is 2.81 bits per heavy atom. The maximum absolute atomic E-state index is 13.6. The molecule has 4 nitrogen and oxygen atoms in total. The van der Waals surface area contributed by atoms with Crippen molar-refractivity contribution in [3.8, 4) is 5.75 Å². The van der Waals surface area contributed by atoms with Gasteiger partial charge in [0.25, 0.3) is 0 Å². The summed E-state index contributed by atoms with van der Waals surface area (Å²) in [6.45, 7) is 0. The lowest BCUT2D eigenvalue weighted by Gasteiger charge is -2.10. The van der Waals surface area contributed by atoms with Crippen molar-refractivity contribution < 1.29 is 19.0 Å². The van der Waals surface area contributed by atoms with Gasteiger partial charge in [0.1, 0.15) is 22.6 Å². The van der Waals surface area contributed by atoms with Gasteiger partial charge in [-0.15, -0.1) is 0 Å². The SMILES string of the molecule is COc1ccc(CC(N)C(=O)O)c(F)c1Cl. The topological polar surface area (TPSA) is 72.5 Å². The molecular formula is C10H11ClFNO3. The number of carbonyl (C=O) groups is 1. The molecular weight excluding hydrogens is 237 g/mol. The summed E-state index contributed by atoms with van der Waals surface area (Å²) < 4.78 is 18.4. The molecule has 0 aromatic heterocycles. The molecule has 0 aliphatic heterocycles. The summed E-state index contributed by atoms with van der Waals surface area (Å²) in [5, 5.41) is 8.43. The minimum Gasteiger partial charge on any atom is -0.495 e. The molecule has 0 radical (unpaired) electrons. The second kappa shape index (κ2) is 5.14. The van der Waals surface area contributed by atoms with Gasteiger partial charge in [0, 0.05) is 6.42 Å². The molecule has 0 saturated heterocycles. The molecule has 1 atom stereocenters. The Labute approximate surface area is 96.8 Å². The Morgan fingerprint density at radius 1 is 1.69 bits per heavy atom. The number of ether oxygens (including phenoxy) is 1. The summed E-state index contributed by atoms with van der Waals surface area (Å²) >= 11 is 5.67. The van der Waals surface area contributed by atoms with Crippen LogP contribution in [0.5, 0.6) is 5.75 Å². The number of benzene rings is 1. The fourth-order valence-corrected chi connectivity index (χ4v) is 1.47. The van der Waals surface area contributed by atoms with Crippen molar-refractivity contribution in [3.05, 3.63) is 28.5 Å². The van der Waals surface area contributed by atoms with Gasteiger partial charge in [-0.2, -0.15) is 0 Å². The first-order valence-corrected chi connectivity index (χ1v) is 4.84. The van der Waals surface area contributed by atoms with Crippen molar-refractivity contribution in [1.29, 1.82) is 0 Å². The molecule has 1 aromatic carbocycles. The van der Waals surface area contributed by atoms with Gasteiger partial charge in [-0.05, 0) is 11.6 Å². The Morgan fingerprint density at radius 2 is 2.31 bits per heavy atom. The first-order valence-electron chi connectivity index (χ1n) is 4.46. The van der Waals surface area contributed by atoms with Crippen molar-refractivity contribution >= 4 is 17.6 Å². The lowest BCUT2D eigenvalue weighted by molar-refractivity contribution is -0.138. The molecule has 6 heteroatoms. The molecule has 0 fully saturated rings. The third-order valence-corrected chi connectivity index (χ3v) is 2.46. The second-order valence-electron chi connectivity index (χ2n) is 3.20. The summed E-state index contributed by atoms with van der Waals surface area (Å²) in [4.78, 5) is 10.5. The highest BCUT2D eigenvalue weighted by Crippen LogP contribution is 2.29. The molecule has 1 unspecified atom stereocenters. The zero-order valence-electron chi connectivity index (χ0n) is 8.54. The smallest absolute Gasteiger partial charge is 0.320 e. The summed E-state index contributed by atoms with van der Waals surface area (Å²) in [5.41, 5.74) is 5.45. The molecule has 0 aliphatic rings. The van der Waals surface area contributed by atoms with E-state index in [1.54, 1.807) is 0 Å². The highest BCUT2D eigenvalue weighted by molar-refractivity contribution is 6.32. The number of carboxylic acid groups (broad SMARTS) is 1. The van der Waals surface area contributed by atoms with Gasteiger partial charge >= 0.3 is 5.97 Å². The fraction of sp³-hybridized carbons (Fsp3) is 0.300. The Kier molecular flexibility index (Phi) is 4.09. The van der Waals surface area contributed by atoms with Gasteiger partial charge < -0.3 is 15.6 Å². The van der Waals surface area contributed by atoms with Crippen LogP contribution < -0.4 is 10.5 Å². The van der Waals surface area contributed by atoms with E-state index in [0.717, 1.165) is 0 Å². The lowest BCUT2D eigenvalue weighted by atomic mass is 10.1. The number of rotatable bonds is 4. The monoisotopic (exact) mass is 247 g/mol. The lowest BCUT2D eigenvalue weighted by Crippen LogP contribution is -2.32. The van der Waals surface area contributed by atoms with Gasteiger partial charge in [-0.3, -0.25) is 4.79 Å². The van der Waals surface area contributed by atoms with Crippen molar-refractivity contribution in [2.45, 2.75) is 12.5 Å². The van der Waals surface area contributed by atoms with Crippen molar-refractivity contribution in [2.75, 3.05) is 7.11 Å². The summed E-state index contributed by atoms with van der Waals surface area (Å²) in [6, 6.07) is 1.72. The standard InChI is InChI=1S/C10H11ClFNO3/c1-16-7-3-2-5(9(12)8(7)11)4-6(13)10(14)15/h2-3,6H,4,13H2,1H3,(H,14,15). The highest BCUT2D eigenvalue weighted by atomic mass is 35.5. The minimum absolute atomic E-state index is 0.120. The maximum Gasteiger partial charge on any atom is 0.320 e.